The van der Waals surface area contributed by atoms with E-state index in [1.54, 1.807) is 13.8 Å². The van der Waals surface area contributed by atoms with Gasteiger partial charge in [-0.25, -0.2) is 4.39 Å². The molecule has 0 spiro atoms. The number of rotatable bonds is 6. The molecule has 1 heteroatoms. The van der Waals surface area contributed by atoms with Crippen molar-refractivity contribution in [2.45, 2.75) is 93.7 Å². The average molecular weight is 258 g/mol. The fourth-order valence-corrected chi connectivity index (χ4v) is 1.97. The van der Waals surface area contributed by atoms with E-state index in [0.29, 0.717) is 11.8 Å². The lowest BCUT2D eigenvalue weighted by atomic mass is 9.62. The molecule has 0 aliphatic carbocycles. The van der Waals surface area contributed by atoms with Crippen molar-refractivity contribution in [3.05, 3.63) is 0 Å². The second-order valence-corrected chi connectivity index (χ2v) is 9.05. The topological polar surface area (TPSA) is 0 Å². The third-order valence-corrected chi connectivity index (χ3v) is 4.68. The Balaban J connectivity index is 4.55. The predicted molar refractivity (Wildman–Crippen MR) is 80.7 cm³/mol. The molecule has 0 saturated carbocycles. The SMILES string of the molecule is CC(C)(C)CCC(C)(C)C(C)(C)CCC(C)(C)F. The second-order valence-electron chi connectivity index (χ2n) is 9.05. The van der Waals surface area contributed by atoms with E-state index in [2.05, 4.69) is 48.5 Å². The molecule has 0 N–H and O–H groups in total. The van der Waals surface area contributed by atoms with Gasteiger partial charge in [-0.2, -0.15) is 0 Å². The van der Waals surface area contributed by atoms with Gasteiger partial charge in [0, 0.05) is 0 Å². The van der Waals surface area contributed by atoms with Gasteiger partial charge in [-0.15, -0.1) is 0 Å². The van der Waals surface area contributed by atoms with Gasteiger partial charge >= 0.3 is 0 Å². The molecule has 0 rings (SSSR count). The molecule has 110 valence electrons. The van der Waals surface area contributed by atoms with Gasteiger partial charge in [-0.05, 0) is 55.8 Å². The first-order chi connectivity index (χ1) is 7.66. The standard InChI is InChI=1S/C17H35F/c1-14(2,3)10-11-15(4,5)16(6,7)12-13-17(8,9)18/h10-13H2,1-9H3. The van der Waals surface area contributed by atoms with Crippen LogP contribution in [-0.4, -0.2) is 5.67 Å². The molecule has 0 saturated heterocycles. The molecular weight excluding hydrogens is 223 g/mol. The third kappa shape index (κ3) is 6.75. The van der Waals surface area contributed by atoms with Crippen LogP contribution in [0.1, 0.15) is 88.0 Å². The summed E-state index contributed by atoms with van der Waals surface area (Å²) in [5.41, 5.74) is -0.225. The first-order valence-electron chi connectivity index (χ1n) is 7.35. The highest BCUT2D eigenvalue weighted by atomic mass is 19.1. The van der Waals surface area contributed by atoms with Crippen LogP contribution in [-0.2, 0) is 0 Å². The Kier molecular flexibility index (Phi) is 5.49. The lowest BCUT2D eigenvalue weighted by Gasteiger charge is -2.44. The molecule has 0 aliphatic rings. The second kappa shape index (κ2) is 5.51. The van der Waals surface area contributed by atoms with E-state index in [1.165, 1.54) is 12.8 Å². The largest absolute Gasteiger partial charge is 0.245 e. The molecule has 0 atom stereocenters. The summed E-state index contributed by atoms with van der Waals surface area (Å²) in [5.74, 6) is 0. The lowest BCUT2D eigenvalue weighted by Crippen LogP contribution is -2.35. The quantitative estimate of drug-likeness (QED) is 0.517. The van der Waals surface area contributed by atoms with Gasteiger partial charge < -0.3 is 0 Å². The molecule has 0 radical (unpaired) electrons. The first-order valence-corrected chi connectivity index (χ1v) is 7.35. The summed E-state index contributed by atoms with van der Waals surface area (Å²) < 4.78 is 13.7. The highest BCUT2D eigenvalue weighted by Gasteiger charge is 2.38. The van der Waals surface area contributed by atoms with E-state index in [4.69, 9.17) is 0 Å². The number of halogens is 1. The summed E-state index contributed by atoms with van der Waals surface area (Å²) in [6.07, 6.45) is 4.03. The van der Waals surface area contributed by atoms with Crippen LogP contribution in [0.5, 0.6) is 0 Å². The normalized spacial score (nSPS) is 15.0. The van der Waals surface area contributed by atoms with E-state index in [9.17, 15) is 4.39 Å². The van der Waals surface area contributed by atoms with Gasteiger partial charge in [-0.3, -0.25) is 0 Å². The molecule has 0 aromatic carbocycles. The Morgan fingerprint density at radius 3 is 1.17 bits per heavy atom. The summed E-state index contributed by atoms with van der Waals surface area (Å²) in [6.45, 7) is 19.5. The highest BCUT2D eigenvalue weighted by Crippen LogP contribution is 2.47. The summed E-state index contributed by atoms with van der Waals surface area (Å²) in [5, 5.41) is 0. The van der Waals surface area contributed by atoms with Crippen LogP contribution in [0.2, 0.25) is 0 Å². The van der Waals surface area contributed by atoms with Gasteiger partial charge in [0.2, 0.25) is 0 Å². The van der Waals surface area contributed by atoms with E-state index >= 15 is 0 Å². The maximum Gasteiger partial charge on any atom is 0.105 e. The molecule has 0 heterocycles. The molecule has 18 heavy (non-hydrogen) atoms. The number of hydrogen-bond donors (Lipinski definition) is 0. The summed E-state index contributed by atoms with van der Waals surface area (Å²) in [7, 11) is 0. The fraction of sp³-hybridized carbons (Fsp3) is 1.00. The van der Waals surface area contributed by atoms with Crippen molar-refractivity contribution in [2.75, 3.05) is 0 Å². The van der Waals surface area contributed by atoms with Crippen LogP contribution < -0.4 is 0 Å². The van der Waals surface area contributed by atoms with Crippen molar-refractivity contribution >= 4 is 0 Å². The molecule has 0 nitrogen and oxygen atoms in total. The van der Waals surface area contributed by atoms with Gasteiger partial charge in [0.1, 0.15) is 5.67 Å². The Morgan fingerprint density at radius 1 is 0.556 bits per heavy atom. The van der Waals surface area contributed by atoms with Gasteiger partial charge in [0.05, 0.1) is 0 Å². The molecule has 0 aromatic heterocycles. The van der Waals surface area contributed by atoms with Crippen molar-refractivity contribution in [3.8, 4) is 0 Å². The molecule has 0 fully saturated rings. The van der Waals surface area contributed by atoms with E-state index in [1.807, 2.05) is 0 Å². The minimum Gasteiger partial charge on any atom is -0.245 e. The van der Waals surface area contributed by atoms with E-state index < -0.39 is 5.67 Å². The summed E-state index contributed by atoms with van der Waals surface area (Å²) in [6, 6.07) is 0. The van der Waals surface area contributed by atoms with E-state index in [-0.39, 0.29) is 10.8 Å². The predicted octanol–water partition coefficient (Wildman–Crippen LogP) is 6.39. The zero-order valence-electron chi connectivity index (χ0n) is 14.2. The van der Waals surface area contributed by atoms with Crippen LogP contribution in [0.15, 0.2) is 0 Å². The van der Waals surface area contributed by atoms with Crippen LogP contribution in [0.25, 0.3) is 0 Å². The van der Waals surface area contributed by atoms with Crippen LogP contribution in [0.4, 0.5) is 4.39 Å². The van der Waals surface area contributed by atoms with Gasteiger partial charge in [-0.1, -0.05) is 48.5 Å². The molecular formula is C17H35F. The monoisotopic (exact) mass is 258 g/mol. The summed E-state index contributed by atoms with van der Waals surface area (Å²) >= 11 is 0. The molecule has 0 bridgehead atoms. The summed E-state index contributed by atoms with van der Waals surface area (Å²) in [4.78, 5) is 0. The maximum absolute atomic E-state index is 13.7. The Labute approximate surface area is 115 Å². The number of alkyl halides is 1. The third-order valence-electron chi connectivity index (χ3n) is 4.68. The average Bonchev–Trinajstić information content (AvgIpc) is 2.10. The zero-order chi connectivity index (χ0) is 14.8. The van der Waals surface area contributed by atoms with Crippen molar-refractivity contribution in [3.63, 3.8) is 0 Å². The highest BCUT2D eigenvalue weighted by molar-refractivity contribution is 4.88. The van der Waals surface area contributed by atoms with Crippen molar-refractivity contribution in [1.29, 1.82) is 0 Å². The molecule has 0 unspecified atom stereocenters. The fourth-order valence-electron chi connectivity index (χ4n) is 1.97. The van der Waals surface area contributed by atoms with Crippen molar-refractivity contribution in [2.24, 2.45) is 16.2 Å². The minimum atomic E-state index is -1.04. The van der Waals surface area contributed by atoms with Crippen LogP contribution >= 0.6 is 0 Å². The zero-order valence-corrected chi connectivity index (χ0v) is 14.2. The maximum atomic E-state index is 13.7. The van der Waals surface area contributed by atoms with Crippen molar-refractivity contribution < 1.29 is 4.39 Å². The lowest BCUT2D eigenvalue weighted by molar-refractivity contribution is 0.0528. The minimum absolute atomic E-state index is 0.182. The van der Waals surface area contributed by atoms with Gasteiger partial charge in [0.25, 0.3) is 0 Å². The van der Waals surface area contributed by atoms with E-state index in [0.717, 1.165) is 6.42 Å². The van der Waals surface area contributed by atoms with Crippen LogP contribution in [0, 0.1) is 16.2 Å². The van der Waals surface area contributed by atoms with Crippen LogP contribution in [0.3, 0.4) is 0 Å². The van der Waals surface area contributed by atoms with Gasteiger partial charge in [0.15, 0.2) is 0 Å². The molecule has 0 aliphatic heterocycles. The number of hydrogen-bond acceptors (Lipinski definition) is 0. The first kappa shape index (κ1) is 17.9. The molecule has 0 aromatic rings. The Hall–Kier alpha value is -0.0700. The smallest absolute Gasteiger partial charge is 0.105 e. The van der Waals surface area contributed by atoms with Crippen molar-refractivity contribution in [1.82, 2.24) is 0 Å². The Bertz CT molecular complexity index is 220. The molecule has 0 amide bonds. The Morgan fingerprint density at radius 2 is 0.889 bits per heavy atom.